The van der Waals surface area contributed by atoms with Gasteiger partial charge in [0, 0.05) is 6.04 Å². The van der Waals surface area contributed by atoms with E-state index in [-0.39, 0.29) is 6.23 Å². The second kappa shape index (κ2) is 4.24. The van der Waals surface area contributed by atoms with E-state index < -0.39 is 0 Å². The van der Waals surface area contributed by atoms with Crippen LogP contribution in [0.4, 0.5) is 0 Å². The molecular weight excluding hydrogens is 150 g/mol. The van der Waals surface area contributed by atoms with E-state index in [2.05, 4.69) is 11.8 Å². The number of rotatable bonds is 3. The molecule has 0 aromatic rings. The molecule has 1 aliphatic carbocycles. The Kier molecular flexibility index (Phi) is 3.53. The number of hydrogen-bond acceptors (Lipinski definition) is 2. The van der Waals surface area contributed by atoms with E-state index >= 15 is 0 Å². The van der Waals surface area contributed by atoms with Gasteiger partial charge in [-0.3, -0.25) is 4.90 Å². The lowest BCUT2D eigenvalue weighted by Gasteiger charge is -2.31. The second-order valence-electron chi connectivity index (χ2n) is 3.96. The Morgan fingerprint density at radius 1 is 1.50 bits per heavy atom. The van der Waals surface area contributed by atoms with Crippen molar-refractivity contribution in [2.24, 2.45) is 5.92 Å². The predicted molar refractivity (Wildman–Crippen MR) is 50.9 cm³/mol. The SMILES string of the molecule is CCC1CCCC1N(C)C(C)O. The van der Waals surface area contributed by atoms with Gasteiger partial charge in [-0.25, -0.2) is 0 Å². The Morgan fingerprint density at radius 2 is 2.17 bits per heavy atom. The minimum atomic E-state index is -0.290. The molecule has 0 radical (unpaired) electrons. The Hall–Kier alpha value is -0.0800. The van der Waals surface area contributed by atoms with Crippen molar-refractivity contribution >= 4 is 0 Å². The van der Waals surface area contributed by atoms with Gasteiger partial charge in [0.15, 0.2) is 0 Å². The molecule has 0 heterocycles. The van der Waals surface area contributed by atoms with Crippen LogP contribution in [-0.2, 0) is 0 Å². The van der Waals surface area contributed by atoms with Gasteiger partial charge in [-0.15, -0.1) is 0 Å². The van der Waals surface area contributed by atoms with Crippen molar-refractivity contribution < 1.29 is 5.11 Å². The zero-order valence-corrected chi connectivity index (χ0v) is 8.45. The normalized spacial score (nSPS) is 32.8. The molecule has 12 heavy (non-hydrogen) atoms. The van der Waals surface area contributed by atoms with Crippen LogP contribution in [0.3, 0.4) is 0 Å². The van der Waals surface area contributed by atoms with E-state index in [1.165, 1.54) is 25.7 Å². The van der Waals surface area contributed by atoms with Crippen molar-refractivity contribution in [3.63, 3.8) is 0 Å². The van der Waals surface area contributed by atoms with Gasteiger partial charge in [-0.05, 0) is 32.7 Å². The van der Waals surface area contributed by atoms with Crippen LogP contribution in [0.5, 0.6) is 0 Å². The molecule has 0 bridgehead atoms. The van der Waals surface area contributed by atoms with Gasteiger partial charge in [-0.1, -0.05) is 19.8 Å². The summed E-state index contributed by atoms with van der Waals surface area (Å²) in [5.74, 6) is 0.810. The van der Waals surface area contributed by atoms with Gasteiger partial charge >= 0.3 is 0 Å². The molecule has 2 nitrogen and oxygen atoms in total. The predicted octanol–water partition coefficient (Wildman–Crippen LogP) is 1.84. The average Bonchev–Trinajstić information content (AvgIpc) is 2.49. The standard InChI is InChI=1S/C10H21NO/c1-4-9-6-5-7-10(9)11(3)8(2)12/h8-10,12H,4-7H2,1-3H3. The summed E-state index contributed by atoms with van der Waals surface area (Å²) in [6, 6.07) is 0.620. The molecule has 1 rings (SSSR count). The lowest BCUT2D eigenvalue weighted by molar-refractivity contribution is -0.00289. The van der Waals surface area contributed by atoms with Crippen LogP contribution in [0.15, 0.2) is 0 Å². The Labute approximate surface area is 75.6 Å². The van der Waals surface area contributed by atoms with Crippen molar-refractivity contribution in [1.82, 2.24) is 4.90 Å². The monoisotopic (exact) mass is 171 g/mol. The number of hydrogen-bond donors (Lipinski definition) is 1. The highest BCUT2D eigenvalue weighted by Gasteiger charge is 2.30. The van der Waals surface area contributed by atoms with Crippen LogP contribution in [0.25, 0.3) is 0 Å². The fourth-order valence-corrected chi connectivity index (χ4v) is 2.31. The maximum atomic E-state index is 9.42. The molecule has 0 saturated heterocycles. The van der Waals surface area contributed by atoms with Gasteiger partial charge < -0.3 is 5.11 Å². The molecule has 1 aliphatic rings. The third-order valence-corrected chi connectivity index (χ3v) is 3.26. The summed E-state index contributed by atoms with van der Waals surface area (Å²) in [5.41, 5.74) is 0. The fraction of sp³-hybridized carbons (Fsp3) is 1.00. The van der Waals surface area contributed by atoms with Crippen LogP contribution < -0.4 is 0 Å². The number of aliphatic hydroxyl groups excluding tert-OH is 1. The van der Waals surface area contributed by atoms with Crippen LogP contribution in [0.2, 0.25) is 0 Å². The van der Waals surface area contributed by atoms with E-state index in [0.717, 1.165) is 5.92 Å². The van der Waals surface area contributed by atoms with Gasteiger partial charge in [0.25, 0.3) is 0 Å². The molecule has 0 aliphatic heterocycles. The molecule has 1 saturated carbocycles. The van der Waals surface area contributed by atoms with Crippen LogP contribution in [0.1, 0.15) is 39.5 Å². The molecule has 3 unspecified atom stereocenters. The van der Waals surface area contributed by atoms with Crippen LogP contribution in [0, 0.1) is 5.92 Å². The molecule has 3 atom stereocenters. The zero-order chi connectivity index (χ0) is 9.14. The first-order valence-electron chi connectivity index (χ1n) is 5.06. The maximum Gasteiger partial charge on any atom is 0.104 e. The molecule has 0 aromatic heterocycles. The summed E-state index contributed by atoms with van der Waals surface area (Å²) in [6.07, 6.45) is 4.90. The van der Waals surface area contributed by atoms with Gasteiger partial charge in [0.2, 0.25) is 0 Å². The Bertz CT molecular complexity index is 136. The third kappa shape index (κ3) is 1.99. The Balaban J connectivity index is 2.49. The first-order valence-corrected chi connectivity index (χ1v) is 5.06. The lowest BCUT2D eigenvalue weighted by atomic mass is 9.99. The molecule has 0 aromatic carbocycles. The minimum absolute atomic E-state index is 0.290. The zero-order valence-electron chi connectivity index (χ0n) is 8.45. The van der Waals surface area contributed by atoms with Crippen molar-refractivity contribution in [2.75, 3.05) is 7.05 Å². The van der Waals surface area contributed by atoms with E-state index in [9.17, 15) is 5.11 Å². The first-order chi connectivity index (χ1) is 5.66. The summed E-state index contributed by atoms with van der Waals surface area (Å²) in [6.45, 7) is 4.10. The molecule has 2 heteroatoms. The van der Waals surface area contributed by atoms with Crippen molar-refractivity contribution in [1.29, 1.82) is 0 Å². The summed E-state index contributed by atoms with van der Waals surface area (Å²) < 4.78 is 0. The second-order valence-corrected chi connectivity index (χ2v) is 3.96. The molecule has 0 amide bonds. The summed E-state index contributed by atoms with van der Waals surface area (Å²) in [4.78, 5) is 2.11. The summed E-state index contributed by atoms with van der Waals surface area (Å²) in [7, 11) is 2.03. The molecule has 0 spiro atoms. The van der Waals surface area contributed by atoms with Gasteiger partial charge in [-0.2, -0.15) is 0 Å². The van der Waals surface area contributed by atoms with Crippen LogP contribution in [-0.4, -0.2) is 29.3 Å². The molecule has 1 N–H and O–H groups in total. The molecular formula is C10H21NO. The van der Waals surface area contributed by atoms with Crippen molar-refractivity contribution in [3.8, 4) is 0 Å². The topological polar surface area (TPSA) is 23.5 Å². The lowest BCUT2D eigenvalue weighted by Crippen LogP contribution is -2.40. The number of aliphatic hydroxyl groups is 1. The highest BCUT2D eigenvalue weighted by atomic mass is 16.3. The van der Waals surface area contributed by atoms with Gasteiger partial charge in [0.05, 0.1) is 0 Å². The van der Waals surface area contributed by atoms with E-state index in [1.54, 1.807) is 0 Å². The quantitative estimate of drug-likeness (QED) is 0.655. The minimum Gasteiger partial charge on any atom is -0.379 e. The van der Waals surface area contributed by atoms with E-state index in [1.807, 2.05) is 14.0 Å². The first kappa shape index (κ1) is 10.0. The summed E-state index contributed by atoms with van der Waals surface area (Å²) >= 11 is 0. The van der Waals surface area contributed by atoms with Crippen LogP contribution >= 0.6 is 0 Å². The Morgan fingerprint density at radius 3 is 2.67 bits per heavy atom. The number of nitrogens with zero attached hydrogens (tertiary/aromatic N) is 1. The van der Waals surface area contributed by atoms with E-state index in [4.69, 9.17) is 0 Å². The third-order valence-electron chi connectivity index (χ3n) is 3.26. The molecule has 72 valence electrons. The maximum absolute atomic E-state index is 9.42. The molecule has 1 fully saturated rings. The highest BCUT2D eigenvalue weighted by Crippen LogP contribution is 2.31. The average molecular weight is 171 g/mol. The van der Waals surface area contributed by atoms with Crippen molar-refractivity contribution in [3.05, 3.63) is 0 Å². The van der Waals surface area contributed by atoms with Crippen molar-refractivity contribution in [2.45, 2.75) is 51.8 Å². The smallest absolute Gasteiger partial charge is 0.104 e. The van der Waals surface area contributed by atoms with E-state index in [0.29, 0.717) is 6.04 Å². The highest BCUT2D eigenvalue weighted by molar-refractivity contribution is 4.83. The summed E-state index contributed by atoms with van der Waals surface area (Å²) in [5, 5.41) is 9.42. The fourth-order valence-electron chi connectivity index (χ4n) is 2.31. The van der Waals surface area contributed by atoms with Gasteiger partial charge in [0.1, 0.15) is 6.23 Å². The largest absolute Gasteiger partial charge is 0.379 e.